The number of benzene rings is 1. The Morgan fingerprint density at radius 3 is 2.77 bits per heavy atom. The van der Waals surface area contributed by atoms with Gasteiger partial charge in [0.15, 0.2) is 15.7 Å². The van der Waals surface area contributed by atoms with Gasteiger partial charge >= 0.3 is 0 Å². The molecule has 0 aliphatic rings. The minimum absolute atomic E-state index is 0.0277. The van der Waals surface area contributed by atoms with E-state index in [1.54, 1.807) is 34.2 Å². The number of thiazole rings is 1. The van der Waals surface area contributed by atoms with E-state index in [0.717, 1.165) is 5.56 Å². The number of halogens is 1. The van der Waals surface area contributed by atoms with Crippen LogP contribution in [0.2, 0.25) is 5.02 Å². The fourth-order valence-electron chi connectivity index (χ4n) is 2.21. The number of aromatic nitrogens is 4. The SMILES string of the molecule is NC(=O)Cc1csc(NC(=O)Cn2c(-c3ccc(Cl)cc3)n[nH]c2=S)n1. The molecular weight excluding hydrogens is 396 g/mol. The average Bonchev–Trinajstić information content (AvgIpc) is 3.15. The highest BCUT2D eigenvalue weighted by Crippen LogP contribution is 2.20. The number of hydrogen-bond acceptors (Lipinski definition) is 6. The predicted octanol–water partition coefficient (Wildman–Crippen LogP) is 2.38. The summed E-state index contributed by atoms with van der Waals surface area (Å²) in [5, 5.41) is 12.2. The minimum Gasteiger partial charge on any atom is -0.369 e. The molecule has 8 nitrogen and oxygen atoms in total. The second kappa shape index (κ2) is 7.77. The molecule has 3 aromatic rings. The maximum absolute atomic E-state index is 12.3. The van der Waals surface area contributed by atoms with Crippen LogP contribution in [0.1, 0.15) is 5.69 Å². The van der Waals surface area contributed by atoms with E-state index in [-0.39, 0.29) is 18.9 Å². The van der Waals surface area contributed by atoms with Crippen molar-refractivity contribution in [3.05, 3.63) is 45.1 Å². The number of hydrogen-bond donors (Lipinski definition) is 3. The van der Waals surface area contributed by atoms with Gasteiger partial charge in [0.05, 0.1) is 12.1 Å². The summed E-state index contributed by atoms with van der Waals surface area (Å²) in [6.45, 7) is -0.0436. The molecule has 3 rings (SSSR count). The van der Waals surface area contributed by atoms with Crippen LogP contribution in [-0.2, 0) is 22.6 Å². The van der Waals surface area contributed by atoms with Crippen molar-refractivity contribution in [3.8, 4) is 11.4 Å². The van der Waals surface area contributed by atoms with Crippen LogP contribution in [0.5, 0.6) is 0 Å². The molecule has 2 heterocycles. The second-order valence-electron chi connectivity index (χ2n) is 5.28. The van der Waals surface area contributed by atoms with Gasteiger partial charge in [-0.25, -0.2) is 4.98 Å². The number of H-pyrrole nitrogens is 1. The van der Waals surface area contributed by atoms with Gasteiger partial charge in [-0.2, -0.15) is 5.10 Å². The quantitative estimate of drug-likeness (QED) is 0.541. The van der Waals surface area contributed by atoms with Gasteiger partial charge < -0.3 is 11.1 Å². The maximum atomic E-state index is 12.3. The van der Waals surface area contributed by atoms with Gasteiger partial charge in [-0.3, -0.25) is 19.3 Å². The summed E-state index contributed by atoms with van der Waals surface area (Å²) in [4.78, 5) is 27.4. The smallest absolute Gasteiger partial charge is 0.246 e. The third-order valence-electron chi connectivity index (χ3n) is 3.32. The van der Waals surface area contributed by atoms with Gasteiger partial charge in [0.2, 0.25) is 11.8 Å². The van der Waals surface area contributed by atoms with E-state index in [0.29, 0.717) is 26.4 Å². The third-order valence-corrected chi connectivity index (χ3v) is 4.69. The van der Waals surface area contributed by atoms with Crippen LogP contribution in [0.25, 0.3) is 11.4 Å². The lowest BCUT2D eigenvalue weighted by atomic mass is 10.2. The van der Waals surface area contributed by atoms with E-state index >= 15 is 0 Å². The molecule has 0 fully saturated rings. The molecule has 26 heavy (non-hydrogen) atoms. The summed E-state index contributed by atoms with van der Waals surface area (Å²) >= 11 is 12.3. The number of primary amides is 1. The van der Waals surface area contributed by atoms with Crippen LogP contribution < -0.4 is 11.1 Å². The highest BCUT2D eigenvalue weighted by molar-refractivity contribution is 7.71. The highest BCUT2D eigenvalue weighted by atomic mass is 35.5. The van der Waals surface area contributed by atoms with Crippen molar-refractivity contribution in [2.75, 3.05) is 5.32 Å². The van der Waals surface area contributed by atoms with Crippen molar-refractivity contribution in [1.29, 1.82) is 0 Å². The van der Waals surface area contributed by atoms with Crippen LogP contribution in [0, 0.1) is 4.77 Å². The van der Waals surface area contributed by atoms with E-state index in [1.165, 1.54) is 11.3 Å². The molecule has 0 saturated carbocycles. The molecule has 0 unspecified atom stereocenters. The fourth-order valence-corrected chi connectivity index (χ4v) is 3.26. The van der Waals surface area contributed by atoms with Gasteiger partial charge in [-0.15, -0.1) is 11.3 Å². The fraction of sp³-hybridized carbons (Fsp3) is 0.133. The zero-order chi connectivity index (χ0) is 18.7. The molecule has 1 aromatic carbocycles. The summed E-state index contributed by atoms with van der Waals surface area (Å²) in [5.74, 6) is -0.279. The number of rotatable bonds is 6. The molecule has 2 aromatic heterocycles. The van der Waals surface area contributed by atoms with Crippen LogP contribution in [-0.4, -0.2) is 31.6 Å². The van der Waals surface area contributed by atoms with Crippen molar-refractivity contribution in [2.24, 2.45) is 5.73 Å². The molecular formula is C15H13ClN6O2S2. The number of anilines is 1. The summed E-state index contributed by atoms with van der Waals surface area (Å²) < 4.78 is 1.89. The Labute approximate surface area is 162 Å². The van der Waals surface area contributed by atoms with Crippen LogP contribution in [0.3, 0.4) is 0 Å². The maximum Gasteiger partial charge on any atom is 0.246 e. The van der Waals surface area contributed by atoms with Crippen molar-refractivity contribution in [1.82, 2.24) is 19.7 Å². The molecule has 0 atom stereocenters. The minimum atomic E-state index is -0.481. The molecule has 0 bridgehead atoms. The Morgan fingerprint density at radius 1 is 1.35 bits per heavy atom. The molecule has 2 amide bonds. The molecule has 0 spiro atoms. The molecule has 4 N–H and O–H groups in total. The average molecular weight is 409 g/mol. The Kier molecular flexibility index (Phi) is 5.45. The first kappa shape index (κ1) is 18.2. The lowest BCUT2D eigenvalue weighted by Gasteiger charge is -2.07. The summed E-state index contributed by atoms with van der Waals surface area (Å²) in [6.07, 6.45) is 0.0277. The molecule has 134 valence electrons. The number of carbonyl (C=O) groups is 2. The van der Waals surface area contributed by atoms with E-state index in [9.17, 15) is 9.59 Å². The Morgan fingerprint density at radius 2 is 2.08 bits per heavy atom. The van der Waals surface area contributed by atoms with Crippen LogP contribution in [0.15, 0.2) is 29.6 Å². The van der Waals surface area contributed by atoms with Gasteiger partial charge in [0, 0.05) is 16.0 Å². The number of amides is 2. The number of nitrogens with two attached hydrogens (primary N) is 1. The lowest BCUT2D eigenvalue weighted by Crippen LogP contribution is -2.19. The predicted molar refractivity (Wildman–Crippen MR) is 101 cm³/mol. The Hall–Kier alpha value is -2.56. The van der Waals surface area contributed by atoms with E-state index in [4.69, 9.17) is 29.6 Å². The first-order valence-corrected chi connectivity index (χ1v) is 9.02. The standard InChI is InChI=1S/C15H13ClN6O2S2/c16-9-3-1-8(2-4-9)13-20-21-15(25)22(13)6-12(24)19-14-18-10(7-26-14)5-11(17)23/h1-4,7H,5-6H2,(H2,17,23)(H,21,25)(H,18,19,24). The second-order valence-corrected chi connectivity index (χ2v) is 6.96. The van der Waals surface area contributed by atoms with Gasteiger partial charge in [-0.05, 0) is 36.5 Å². The number of aromatic amines is 1. The Bertz CT molecular complexity index is 1010. The van der Waals surface area contributed by atoms with Crippen molar-refractivity contribution in [3.63, 3.8) is 0 Å². The normalized spacial score (nSPS) is 10.7. The summed E-state index contributed by atoms with van der Waals surface area (Å²) in [5.41, 5.74) is 6.41. The first-order chi connectivity index (χ1) is 12.4. The van der Waals surface area contributed by atoms with Crippen molar-refractivity contribution >= 4 is 52.1 Å². The number of carbonyl (C=O) groups excluding carboxylic acids is 2. The number of nitrogens with one attached hydrogen (secondary N) is 2. The zero-order valence-corrected chi connectivity index (χ0v) is 15.6. The van der Waals surface area contributed by atoms with Crippen LogP contribution in [0.4, 0.5) is 5.13 Å². The molecule has 0 aliphatic carbocycles. The third kappa shape index (κ3) is 4.34. The van der Waals surface area contributed by atoms with Gasteiger partial charge in [0.25, 0.3) is 0 Å². The van der Waals surface area contributed by atoms with E-state index < -0.39 is 5.91 Å². The molecule has 0 radical (unpaired) electrons. The largest absolute Gasteiger partial charge is 0.369 e. The van der Waals surface area contributed by atoms with Gasteiger partial charge in [-0.1, -0.05) is 11.6 Å². The van der Waals surface area contributed by atoms with E-state index in [2.05, 4.69) is 20.5 Å². The molecule has 0 aliphatic heterocycles. The van der Waals surface area contributed by atoms with E-state index in [1.807, 2.05) is 0 Å². The highest BCUT2D eigenvalue weighted by Gasteiger charge is 2.14. The Balaban J connectivity index is 1.74. The monoisotopic (exact) mass is 408 g/mol. The van der Waals surface area contributed by atoms with Crippen molar-refractivity contribution < 1.29 is 9.59 Å². The van der Waals surface area contributed by atoms with Gasteiger partial charge in [0.1, 0.15) is 6.54 Å². The molecule has 0 saturated heterocycles. The van der Waals surface area contributed by atoms with Crippen LogP contribution >= 0.6 is 35.2 Å². The topological polar surface area (TPSA) is 119 Å². The van der Waals surface area contributed by atoms with Crippen molar-refractivity contribution in [2.45, 2.75) is 13.0 Å². The summed E-state index contributed by atoms with van der Waals surface area (Å²) in [6, 6.07) is 7.04. The zero-order valence-electron chi connectivity index (χ0n) is 13.2. The first-order valence-electron chi connectivity index (χ1n) is 7.36. The lowest BCUT2D eigenvalue weighted by molar-refractivity contribution is -0.117. The molecule has 11 heteroatoms. The summed E-state index contributed by atoms with van der Waals surface area (Å²) in [7, 11) is 0. The number of nitrogens with zero attached hydrogens (tertiary/aromatic N) is 3.